The van der Waals surface area contributed by atoms with Gasteiger partial charge in [0, 0.05) is 24.2 Å². The summed E-state index contributed by atoms with van der Waals surface area (Å²) in [6.45, 7) is 3.24. The molecule has 1 heterocycles. The van der Waals surface area contributed by atoms with Gasteiger partial charge in [-0.3, -0.25) is 0 Å². The van der Waals surface area contributed by atoms with Crippen LogP contribution in [0.15, 0.2) is 35.2 Å². The van der Waals surface area contributed by atoms with Gasteiger partial charge in [-0.2, -0.15) is 0 Å². The summed E-state index contributed by atoms with van der Waals surface area (Å²) in [4.78, 5) is 4.30. The maximum Gasteiger partial charge on any atom is 0.121 e. The SMILES string of the molecule is COCCOc1cccc(NC(C)c2cscn2)c1. The van der Waals surface area contributed by atoms with Crippen molar-refractivity contribution in [2.24, 2.45) is 0 Å². The van der Waals surface area contributed by atoms with E-state index in [1.54, 1.807) is 18.4 Å². The Balaban J connectivity index is 1.95. The molecule has 1 atom stereocenters. The first kappa shape index (κ1) is 13.8. The van der Waals surface area contributed by atoms with Crippen LogP contribution >= 0.6 is 11.3 Å². The van der Waals surface area contributed by atoms with Gasteiger partial charge in [-0.15, -0.1) is 11.3 Å². The van der Waals surface area contributed by atoms with Crippen molar-refractivity contribution in [3.63, 3.8) is 0 Å². The molecule has 0 fully saturated rings. The summed E-state index contributed by atoms with van der Waals surface area (Å²) in [5, 5.41) is 5.46. The van der Waals surface area contributed by atoms with Crippen molar-refractivity contribution in [1.82, 2.24) is 4.98 Å². The predicted octanol–water partition coefficient (Wildman–Crippen LogP) is 3.34. The Morgan fingerprint density at radius 3 is 3.00 bits per heavy atom. The number of nitrogens with one attached hydrogen (secondary N) is 1. The van der Waals surface area contributed by atoms with E-state index in [2.05, 4.69) is 22.6 Å². The molecular weight excluding hydrogens is 260 g/mol. The number of aromatic nitrogens is 1. The van der Waals surface area contributed by atoms with Gasteiger partial charge in [-0.05, 0) is 19.1 Å². The Morgan fingerprint density at radius 2 is 2.26 bits per heavy atom. The molecule has 1 aromatic carbocycles. The fourth-order valence-corrected chi connectivity index (χ4v) is 2.33. The van der Waals surface area contributed by atoms with Crippen LogP contribution in [0.25, 0.3) is 0 Å². The molecule has 0 aliphatic carbocycles. The van der Waals surface area contributed by atoms with Crippen molar-refractivity contribution in [2.45, 2.75) is 13.0 Å². The predicted molar refractivity (Wildman–Crippen MR) is 78.0 cm³/mol. The lowest BCUT2D eigenvalue weighted by Crippen LogP contribution is -2.07. The van der Waals surface area contributed by atoms with Crippen LogP contribution in [0, 0.1) is 0 Å². The van der Waals surface area contributed by atoms with Crippen LogP contribution in [-0.2, 0) is 4.74 Å². The molecule has 0 amide bonds. The van der Waals surface area contributed by atoms with E-state index in [-0.39, 0.29) is 6.04 Å². The molecule has 102 valence electrons. The second-order valence-corrected chi connectivity index (χ2v) is 4.87. The third-order valence-corrected chi connectivity index (χ3v) is 3.27. The van der Waals surface area contributed by atoms with Crippen LogP contribution in [0.5, 0.6) is 5.75 Å². The molecule has 5 heteroatoms. The Kier molecular flexibility index (Phi) is 5.18. The molecule has 19 heavy (non-hydrogen) atoms. The molecule has 0 saturated heterocycles. The standard InChI is InChI=1S/C14H18N2O2S/c1-11(14-9-19-10-15-14)16-12-4-3-5-13(8-12)18-7-6-17-2/h3-5,8-11,16H,6-7H2,1-2H3. The van der Waals surface area contributed by atoms with E-state index in [1.807, 2.05) is 29.8 Å². The zero-order valence-electron chi connectivity index (χ0n) is 11.1. The van der Waals surface area contributed by atoms with Crippen LogP contribution in [0.3, 0.4) is 0 Å². The number of nitrogens with zero attached hydrogens (tertiary/aromatic N) is 1. The van der Waals surface area contributed by atoms with Gasteiger partial charge in [0.05, 0.1) is 23.9 Å². The molecule has 0 aliphatic heterocycles. The summed E-state index contributed by atoms with van der Waals surface area (Å²) >= 11 is 1.61. The maximum atomic E-state index is 5.58. The minimum Gasteiger partial charge on any atom is -0.491 e. The summed E-state index contributed by atoms with van der Waals surface area (Å²) < 4.78 is 10.5. The highest BCUT2D eigenvalue weighted by atomic mass is 32.1. The molecular formula is C14H18N2O2S. The number of hydrogen-bond acceptors (Lipinski definition) is 5. The first-order chi connectivity index (χ1) is 9.29. The smallest absolute Gasteiger partial charge is 0.121 e. The molecule has 2 rings (SSSR count). The zero-order valence-corrected chi connectivity index (χ0v) is 11.9. The summed E-state index contributed by atoms with van der Waals surface area (Å²) in [6, 6.07) is 8.09. The Labute approximate surface area is 117 Å². The molecule has 0 spiro atoms. The van der Waals surface area contributed by atoms with E-state index in [4.69, 9.17) is 9.47 Å². The normalized spacial score (nSPS) is 12.1. The van der Waals surface area contributed by atoms with E-state index >= 15 is 0 Å². The summed E-state index contributed by atoms with van der Waals surface area (Å²) in [5.74, 6) is 0.840. The van der Waals surface area contributed by atoms with E-state index in [0.29, 0.717) is 13.2 Å². The number of anilines is 1. The first-order valence-corrected chi connectivity index (χ1v) is 7.10. The first-order valence-electron chi connectivity index (χ1n) is 6.16. The zero-order chi connectivity index (χ0) is 13.5. The lowest BCUT2D eigenvalue weighted by atomic mass is 10.2. The second-order valence-electron chi connectivity index (χ2n) is 4.15. The van der Waals surface area contributed by atoms with E-state index in [9.17, 15) is 0 Å². The summed E-state index contributed by atoms with van der Waals surface area (Å²) in [6.07, 6.45) is 0. The average Bonchev–Trinajstić information content (AvgIpc) is 2.93. The lowest BCUT2D eigenvalue weighted by Gasteiger charge is -2.14. The Bertz CT molecular complexity index is 488. The fourth-order valence-electron chi connectivity index (χ4n) is 1.68. The van der Waals surface area contributed by atoms with Crippen molar-refractivity contribution in [3.05, 3.63) is 40.8 Å². The van der Waals surface area contributed by atoms with Crippen molar-refractivity contribution in [3.8, 4) is 5.75 Å². The third-order valence-electron chi connectivity index (χ3n) is 2.67. The summed E-state index contributed by atoms with van der Waals surface area (Å²) in [7, 11) is 1.66. The molecule has 1 unspecified atom stereocenters. The number of methoxy groups -OCH3 is 1. The van der Waals surface area contributed by atoms with Gasteiger partial charge in [0.1, 0.15) is 12.4 Å². The van der Waals surface area contributed by atoms with Gasteiger partial charge in [0.25, 0.3) is 0 Å². The highest BCUT2D eigenvalue weighted by molar-refractivity contribution is 7.07. The summed E-state index contributed by atoms with van der Waals surface area (Å²) in [5.41, 5.74) is 3.92. The van der Waals surface area contributed by atoms with E-state index < -0.39 is 0 Å². The molecule has 4 nitrogen and oxygen atoms in total. The van der Waals surface area contributed by atoms with Crippen molar-refractivity contribution in [1.29, 1.82) is 0 Å². The van der Waals surface area contributed by atoms with Crippen LogP contribution in [0.2, 0.25) is 0 Å². The molecule has 0 aliphatic rings. The number of thiazole rings is 1. The van der Waals surface area contributed by atoms with Crippen molar-refractivity contribution >= 4 is 17.0 Å². The van der Waals surface area contributed by atoms with Gasteiger partial charge in [-0.25, -0.2) is 4.98 Å². The van der Waals surface area contributed by atoms with Crippen LogP contribution < -0.4 is 10.1 Å². The molecule has 2 aromatic rings. The van der Waals surface area contributed by atoms with Gasteiger partial charge >= 0.3 is 0 Å². The molecule has 0 bridgehead atoms. The highest BCUT2D eigenvalue weighted by Crippen LogP contribution is 2.22. The number of ether oxygens (including phenoxy) is 2. The minimum absolute atomic E-state index is 0.181. The van der Waals surface area contributed by atoms with Crippen molar-refractivity contribution in [2.75, 3.05) is 25.6 Å². The van der Waals surface area contributed by atoms with Gasteiger partial charge in [0.2, 0.25) is 0 Å². The molecule has 0 radical (unpaired) electrons. The third kappa shape index (κ3) is 4.22. The van der Waals surface area contributed by atoms with E-state index in [0.717, 1.165) is 17.1 Å². The lowest BCUT2D eigenvalue weighted by molar-refractivity contribution is 0.146. The molecule has 1 N–H and O–H groups in total. The Morgan fingerprint density at radius 1 is 1.37 bits per heavy atom. The number of rotatable bonds is 7. The quantitative estimate of drug-likeness (QED) is 0.789. The number of hydrogen-bond donors (Lipinski definition) is 1. The largest absolute Gasteiger partial charge is 0.491 e. The van der Waals surface area contributed by atoms with Gasteiger partial charge in [0.15, 0.2) is 0 Å². The molecule has 0 saturated carbocycles. The average molecular weight is 278 g/mol. The number of benzene rings is 1. The van der Waals surface area contributed by atoms with Crippen LogP contribution in [0.1, 0.15) is 18.7 Å². The van der Waals surface area contributed by atoms with Crippen molar-refractivity contribution < 1.29 is 9.47 Å². The topological polar surface area (TPSA) is 43.4 Å². The monoisotopic (exact) mass is 278 g/mol. The minimum atomic E-state index is 0.181. The fraction of sp³-hybridized carbons (Fsp3) is 0.357. The molecule has 1 aromatic heterocycles. The highest BCUT2D eigenvalue weighted by Gasteiger charge is 2.07. The van der Waals surface area contributed by atoms with Crippen LogP contribution in [-0.4, -0.2) is 25.3 Å². The van der Waals surface area contributed by atoms with Crippen LogP contribution in [0.4, 0.5) is 5.69 Å². The van der Waals surface area contributed by atoms with Gasteiger partial charge < -0.3 is 14.8 Å². The maximum absolute atomic E-state index is 5.58. The second kappa shape index (κ2) is 7.11. The Hall–Kier alpha value is -1.59. The van der Waals surface area contributed by atoms with Gasteiger partial charge in [-0.1, -0.05) is 6.07 Å². The van der Waals surface area contributed by atoms with E-state index in [1.165, 1.54) is 0 Å².